The van der Waals surface area contributed by atoms with E-state index in [1.54, 1.807) is 35.4 Å². The second kappa shape index (κ2) is 5.93. The van der Waals surface area contributed by atoms with Crippen molar-refractivity contribution in [3.8, 4) is 0 Å². The lowest BCUT2D eigenvalue weighted by molar-refractivity contribution is -0.129. The van der Waals surface area contributed by atoms with Gasteiger partial charge in [0.1, 0.15) is 5.82 Å². The Morgan fingerprint density at radius 3 is 2.63 bits per heavy atom. The molecule has 5 heteroatoms. The standard InChI is InChI=1S/C14H15FN2OS/c1-10-16-13(9-19-10)7-14(18)17(2)8-11-3-5-12(15)6-4-11/h3-6,9H,7-8H2,1-2H3. The Balaban J connectivity index is 1.94. The number of hydrogen-bond acceptors (Lipinski definition) is 3. The molecule has 0 bridgehead atoms. The third kappa shape index (κ3) is 3.86. The van der Waals surface area contributed by atoms with Gasteiger partial charge >= 0.3 is 0 Å². The predicted octanol–water partition coefficient (Wildman–Crippen LogP) is 2.79. The van der Waals surface area contributed by atoms with E-state index in [0.29, 0.717) is 13.0 Å². The fourth-order valence-corrected chi connectivity index (χ4v) is 2.34. The number of likely N-dealkylation sites (N-methyl/N-ethyl adjacent to an activating group) is 1. The van der Waals surface area contributed by atoms with Crippen molar-refractivity contribution in [2.24, 2.45) is 0 Å². The maximum atomic E-state index is 12.8. The second-order valence-corrected chi connectivity index (χ2v) is 5.47. The fourth-order valence-electron chi connectivity index (χ4n) is 1.73. The Kier molecular flexibility index (Phi) is 4.27. The van der Waals surface area contributed by atoms with Gasteiger partial charge in [0.15, 0.2) is 0 Å². The molecule has 0 saturated heterocycles. The van der Waals surface area contributed by atoms with Gasteiger partial charge in [0.25, 0.3) is 0 Å². The van der Waals surface area contributed by atoms with E-state index in [1.807, 2.05) is 12.3 Å². The van der Waals surface area contributed by atoms with Crippen LogP contribution in [0.2, 0.25) is 0 Å². The normalized spacial score (nSPS) is 10.5. The van der Waals surface area contributed by atoms with Crippen molar-refractivity contribution in [1.29, 1.82) is 0 Å². The molecule has 0 fully saturated rings. The van der Waals surface area contributed by atoms with Crippen LogP contribution in [0.25, 0.3) is 0 Å². The number of benzene rings is 1. The number of aryl methyl sites for hydroxylation is 1. The summed E-state index contributed by atoms with van der Waals surface area (Å²) in [4.78, 5) is 17.9. The highest BCUT2D eigenvalue weighted by Crippen LogP contribution is 2.11. The highest BCUT2D eigenvalue weighted by Gasteiger charge is 2.12. The second-order valence-electron chi connectivity index (χ2n) is 4.41. The van der Waals surface area contributed by atoms with Gasteiger partial charge in [-0.25, -0.2) is 9.37 Å². The monoisotopic (exact) mass is 278 g/mol. The van der Waals surface area contributed by atoms with E-state index in [1.165, 1.54) is 12.1 Å². The zero-order valence-electron chi connectivity index (χ0n) is 10.9. The van der Waals surface area contributed by atoms with Crippen molar-refractivity contribution in [3.05, 3.63) is 51.7 Å². The van der Waals surface area contributed by atoms with Crippen molar-refractivity contribution in [3.63, 3.8) is 0 Å². The van der Waals surface area contributed by atoms with Gasteiger partial charge in [0, 0.05) is 19.0 Å². The van der Waals surface area contributed by atoms with Crippen LogP contribution < -0.4 is 0 Å². The van der Waals surface area contributed by atoms with E-state index in [9.17, 15) is 9.18 Å². The zero-order valence-corrected chi connectivity index (χ0v) is 11.7. The first-order valence-corrected chi connectivity index (χ1v) is 6.82. The minimum atomic E-state index is -0.268. The summed E-state index contributed by atoms with van der Waals surface area (Å²) in [6.07, 6.45) is 0.308. The molecule has 0 aliphatic heterocycles. The molecule has 0 aliphatic carbocycles. The maximum Gasteiger partial charge on any atom is 0.228 e. The SMILES string of the molecule is Cc1nc(CC(=O)N(C)Cc2ccc(F)cc2)cs1. The van der Waals surface area contributed by atoms with Gasteiger partial charge < -0.3 is 4.90 Å². The number of carbonyl (C=O) groups is 1. The molecule has 0 aliphatic rings. The molecule has 19 heavy (non-hydrogen) atoms. The van der Waals surface area contributed by atoms with Crippen LogP contribution in [0.15, 0.2) is 29.6 Å². The van der Waals surface area contributed by atoms with Crippen LogP contribution in [-0.4, -0.2) is 22.8 Å². The van der Waals surface area contributed by atoms with Crippen molar-refractivity contribution in [2.45, 2.75) is 19.9 Å². The van der Waals surface area contributed by atoms with Gasteiger partial charge in [0.2, 0.25) is 5.91 Å². The Morgan fingerprint density at radius 2 is 2.05 bits per heavy atom. The van der Waals surface area contributed by atoms with Gasteiger partial charge in [-0.3, -0.25) is 4.79 Å². The van der Waals surface area contributed by atoms with E-state index in [-0.39, 0.29) is 11.7 Å². The Bertz CT molecular complexity index is 565. The Labute approximate surface area is 115 Å². The number of aromatic nitrogens is 1. The lowest BCUT2D eigenvalue weighted by atomic mass is 10.2. The van der Waals surface area contributed by atoms with E-state index in [4.69, 9.17) is 0 Å². The van der Waals surface area contributed by atoms with Gasteiger partial charge in [-0.15, -0.1) is 11.3 Å². The molecule has 0 N–H and O–H groups in total. The number of rotatable bonds is 4. The molecule has 0 atom stereocenters. The number of hydrogen-bond donors (Lipinski definition) is 0. The van der Waals surface area contributed by atoms with Crippen LogP contribution in [0.3, 0.4) is 0 Å². The summed E-state index contributed by atoms with van der Waals surface area (Å²) >= 11 is 1.54. The van der Waals surface area contributed by atoms with E-state index >= 15 is 0 Å². The minimum absolute atomic E-state index is 0.00891. The van der Waals surface area contributed by atoms with Crippen LogP contribution in [0.4, 0.5) is 4.39 Å². The summed E-state index contributed by atoms with van der Waals surface area (Å²) in [6.45, 7) is 2.39. The van der Waals surface area contributed by atoms with Crippen molar-refractivity contribution in [2.75, 3.05) is 7.05 Å². The maximum absolute atomic E-state index is 12.8. The number of amides is 1. The fraction of sp³-hybridized carbons (Fsp3) is 0.286. The number of thiazole rings is 1. The third-order valence-electron chi connectivity index (χ3n) is 2.76. The van der Waals surface area contributed by atoms with Crippen LogP contribution >= 0.6 is 11.3 Å². The molecule has 1 aromatic heterocycles. The van der Waals surface area contributed by atoms with Crippen LogP contribution in [0.5, 0.6) is 0 Å². The molecular formula is C14H15FN2OS. The van der Waals surface area contributed by atoms with Crippen molar-refractivity contribution in [1.82, 2.24) is 9.88 Å². The quantitative estimate of drug-likeness (QED) is 0.861. The predicted molar refractivity (Wildman–Crippen MR) is 73.4 cm³/mol. The van der Waals surface area contributed by atoms with Gasteiger partial charge in [0.05, 0.1) is 17.1 Å². The Morgan fingerprint density at radius 1 is 1.37 bits per heavy atom. The van der Waals surface area contributed by atoms with Gasteiger partial charge in [-0.05, 0) is 24.6 Å². The van der Waals surface area contributed by atoms with E-state index < -0.39 is 0 Å². The average molecular weight is 278 g/mol. The van der Waals surface area contributed by atoms with Crippen LogP contribution in [0, 0.1) is 12.7 Å². The molecule has 0 spiro atoms. The van der Waals surface area contributed by atoms with Crippen LogP contribution in [0.1, 0.15) is 16.3 Å². The molecule has 1 heterocycles. The number of carbonyl (C=O) groups excluding carboxylic acids is 1. The van der Waals surface area contributed by atoms with Crippen LogP contribution in [-0.2, 0) is 17.8 Å². The molecule has 0 saturated carbocycles. The first kappa shape index (κ1) is 13.7. The molecule has 3 nitrogen and oxygen atoms in total. The largest absolute Gasteiger partial charge is 0.341 e. The van der Waals surface area contributed by atoms with E-state index in [2.05, 4.69) is 4.98 Å². The number of halogens is 1. The lowest BCUT2D eigenvalue weighted by Crippen LogP contribution is -2.27. The van der Waals surface area contributed by atoms with Gasteiger partial charge in [-0.1, -0.05) is 12.1 Å². The first-order valence-electron chi connectivity index (χ1n) is 5.94. The molecular weight excluding hydrogens is 263 g/mol. The molecule has 0 unspecified atom stereocenters. The molecule has 1 aromatic carbocycles. The summed E-state index contributed by atoms with van der Waals surface area (Å²) in [5.74, 6) is -0.259. The van der Waals surface area contributed by atoms with Gasteiger partial charge in [-0.2, -0.15) is 0 Å². The van der Waals surface area contributed by atoms with E-state index in [0.717, 1.165) is 16.3 Å². The average Bonchev–Trinajstić information content (AvgIpc) is 2.77. The molecule has 2 rings (SSSR count). The zero-order chi connectivity index (χ0) is 13.8. The summed E-state index contributed by atoms with van der Waals surface area (Å²) in [5, 5.41) is 2.86. The topological polar surface area (TPSA) is 33.2 Å². The highest BCUT2D eigenvalue weighted by atomic mass is 32.1. The molecule has 0 radical (unpaired) electrons. The molecule has 1 amide bonds. The summed E-state index contributed by atoms with van der Waals surface area (Å²) in [6, 6.07) is 6.17. The summed E-state index contributed by atoms with van der Waals surface area (Å²) in [5.41, 5.74) is 1.71. The Hall–Kier alpha value is -1.75. The highest BCUT2D eigenvalue weighted by molar-refractivity contribution is 7.09. The smallest absolute Gasteiger partial charge is 0.228 e. The third-order valence-corrected chi connectivity index (χ3v) is 3.58. The molecule has 100 valence electrons. The number of nitrogens with zero attached hydrogens (tertiary/aromatic N) is 2. The first-order chi connectivity index (χ1) is 9.04. The molecule has 2 aromatic rings. The van der Waals surface area contributed by atoms with Crippen molar-refractivity contribution < 1.29 is 9.18 Å². The minimum Gasteiger partial charge on any atom is -0.341 e. The summed E-state index contributed by atoms with van der Waals surface area (Å²) in [7, 11) is 1.74. The van der Waals surface area contributed by atoms with Crippen molar-refractivity contribution >= 4 is 17.2 Å². The summed E-state index contributed by atoms with van der Waals surface area (Å²) < 4.78 is 12.8. The lowest BCUT2D eigenvalue weighted by Gasteiger charge is -2.16.